The van der Waals surface area contributed by atoms with Crippen LogP contribution in [-0.2, 0) is 0 Å². The molecule has 6 fully saturated rings. The summed E-state index contributed by atoms with van der Waals surface area (Å²) in [7, 11) is 0. The molecule has 1 nitrogen and oxygen atoms in total. The lowest BCUT2D eigenvalue weighted by Crippen LogP contribution is -2.18. The van der Waals surface area contributed by atoms with Crippen LogP contribution in [0, 0.1) is 46.8 Å². The van der Waals surface area contributed by atoms with Crippen molar-refractivity contribution in [2.45, 2.75) is 13.0 Å². The molecule has 1 N–H and O–H groups in total. The van der Waals surface area contributed by atoms with Crippen LogP contribution in [-0.4, -0.2) is 11.2 Å². The average Bonchev–Trinajstić information content (AvgIpc) is 2.73. The molecular formula is C10H12O. The Morgan fingerprint density at radius 1 is 0.909 bits per heavy atom. The van der Waals surface area contributed by atoms with Gasteiger partial charge in [0.25, 0.3) is 0 Å². The van der Waals surface area contributed by atoms with E-state index in [9.17, 15) is 5.11 Å². The highest BCUT2D eigenvalue weighted by molar-refractivity contribution is 5.44. The summed E-state index contributed by atoms with van der Waals surface area (Å²) in [5.74, 6) is 6.65. The zero-order chi connectivity index (χ0) is 7.12. The molecule has 9 atom stereocenters. The van der Waals surface area contributed by atoms with Crippen molar-refractivity contribution in [2.24, 2.45) is 46.8 Å². The van der Waals surface area contributed by atoms with E-state index in [-0.39, 0.29) is 6.10 Å². The highest BCUT2D eigenvalue weighted by Crippen LogP contribution is 2.99. The van der Waals surface area contributed by atoms with Crippen LogP contribution < -0.4 is 0 Å². The summed E-state index contributed by atoms with van der Waals surface area (Å²) in [4.78, 5) is 0. The van der Waals surface area contributed by atoms with Crippen molar-refractivity contribution in [2.75, 3.05) is 0 Å². The molecule has 6 aliphatic carbocycles. The number of aliphatic hydroxyl groups is 1. The van der Waals surface area contributed by atoms with Crippen LogP contribution in [0.2, 0.25) is 0 Å². The lowest BCUT2D eigenvalue weighted by molar-refractivity contribution is 0.0978. The maximum atomic E-state index is 9.86. The molecular weight excluding hydrogens is 136 g/mol. The van der Waals surface area contributed by atoms with Gasteiger partial charge in [-0.1, -0.05) is 6.92 Å². The average molecular weight is 148 g/mol. The van der Waals surface area contributed by atoms with Gasteiger partial charge >= 0.3 is 0 Å². The molecule has 0 aromatic rings. The van der Waals surface area contributed by atoms with Crippen molar-refractivity contribution in [3.8, 4) is 0 Å². The van der Waals surface area contributed by atoms with E-state index in [4.69, 9.17) is 0 Å². The largest absolute Gasteiger partial charge is 0.393 e. The minimum Gasteiger partial charge on any atom is -0.393 e. The fraction of sp³-hybridized carbons (Fsp3) is 1.00. The summed E-state index contributed by atoms with van der Waals surface area (Å²) in [5, 5.41) is 9.86. The third kappa shape index (κ3) is 0.217. The maximum absolute atomic E-state index is 9.86. The minimum atomic E-state index is 0.145. The monoisotopic (exact) mass is 148 g/mol. The number of hydrogen-bond acceptors (Lipinski definition) is 1. The van der Waals surface area contributed by atoms with Crippen LogP contribution in [0.3, 0.4) is 0 Å². The van der Waals surface area contributed by atoms with E-state index in [1.54, 1.807) is 0 Å². The molecule has 6 rings (SSSR count). The molecule has 0 radical (unpaired) electrons. The van der Waals surface area contributed by atoms with E-state index in [0.717, 1.165) is 46.8 Å². The molecule has 1 heteroatoms. The molecule has 58 valence electrons. The molecule has 0 aromatic heterocycles. The van der Waals surface area contributed by atoms with Crippen molar-refractivity contribution in [1.82, 2.24) is 0 Å². The standard InChI is InChI=1S/C10H12O/c1-10-6-2-3(6)5-8(10)7(10)4(2)9(5)11/h2-9,11H,1H3/t2-,3+,4-,5-,6?,7-,8-,9?,10?/m1/s1. The van der Waals surface area contributed by atoms with Gasteiger partial charge in [0.15, 0.2) is 0 Å². The Hall–Kier alpha value is -0.0400. The van der Waals surface area contributed by atoms with Gasteiger partial charge in [-0.3, -0.25) is 0 Å². The summed E-state index contributed by atoms with van der Waals surface area (Å²) in [6, 6.07) is 0. The quantitative estimate of drug-likeness (QED) is 0.537. The van der Waals surface area contributed by atoms with Gasteiger partial charge in [0.05, 0.1) is 6.10 Å². The minimum absolute atomic E-state index is 0.145. The van der Waals surface area contributed by atoms with Crippen molar-refractivity contribution in [3.05, 3.63) is 0 Å². The van der Waals surface area contributed by atoms with Crippen molar-refractivity contribution in [3.63, 3.8) is 0 Å². The van der Waals surface area contributed by atoms with Crippen LogP contribution in [0.4, 0.5) is 0 Å². The first kappa shape index (κ1) is 4.86. The van der Waals surface area contributed by atoms with E-state index >= 15 is 0 Å². The van der Waals surface area contributed by atoms with E-state index in [1.807, 2.05) is 0 Å². The Morgan fingerprint density at radius 3 is 1.73 bits per heavy atom. The molecule has 0 heterocycles. The van der Waals surface area contributed by atoms with Crippen LogP contribution in [0.1, 0.15) is 6.92 Å². The SMILES string of the molecule is CC12C3[C@@H]4[C@H]3[C@H]3C(O)[C@H]4[C@@H]1[C@@H]32. The van der Waals surface area contributed by atoms with Crippen LogP contribution in [0.15, 0.2) is 0 Å². The molecule has 6 aliphatic rings. The highest BCUT2D eigenvalue weighted by atomic mass is 16.3. The molecule has 0 aromatic carbocycles. The van der Waals surface area contributed by atoms with Gasteiger partial charge in [0.1, 0.15) is 0 Å². The topological polar surface area (TPSA) is 20.2 Å². The lowest BCUT2D eigenvalue weighted by Gasteiger charge is -2.12. The van der Waals surface area contributed by atoms with Gasteiger partial charge in [-0.15, -0.1) is 0 Å². The van der Waals surface area contributed by atoms with Gasteiger partial charge in [-0.05, 0) is 46.8 Å². The predicted molar refractivity (Wildman–Crippen MR) is 38.5 cm³/mol. The van der Waals surface area contributed by atoms with Gasteiger partial charge in [0.2, 0.25) is 0 Å². The summed E-state index contributed by atoms with van der Waals surface area (Å²) < 4.78 is 0. The Bertz CT molecular complexity index is 273. The molecule has 0 aliphatic heterocycles. The third-order valence-corrected chi connectivity index (χ3v) is 6.07. The second-order valence-corrected chi connectivity index (χ2v) is 5.74. The van der Waals surface area contributed by atoms with Gasteiger partial charge in [-0.2, -0.15) is 0 Å². The lowest BCUT2D eigenvalue weighted by atomic mass is 9.99. The smallest absolute Gasteiger partial charge is 0.0608 e. The third-order valence-electron chi connectivity index (χ3n) is 6.07. The summed E-state index contributed by atoms with van der Waals surface area (Å²) >= 11 is 0. The number of aliphatic hydroxyl groups excluding tert-OH is 1. The highest BCUT2D eigenvalue weighted by Gasteiger charge is 2.98. The summed E-state index contributed by atoms with van der Waals surface area (Å²) in [6.07, 6.45) is 0.145. The second-order valence-electron chi connectivity index (χ2n) is 5.74. The fourth-order valence-electron chi connectivity index (χ4n) is 6.15. The van der Waals surface area contributed by atoms with E-state index in [1.165, 1.54) is 0 Å². The van der Waals surface area contributed by atoms with Crippen molar-refractivity contribution < 1.29 is 5.11 Å². The van der Waals surface area contributed by atoms with Crippen molar-refractivity contribution >= 4 is 0 Å². The number of hydrogen-bond donors (Lipinski definition) is 1. The molecule has 3 unspecified atom stereocenters. The van der Waals surface area contributed by atoms with Gasteiger partial charge < -0.3 is 5.11 Å². The zero-order valence-corrected chi connectivity index (χ0v) is 6.57. The first-order chi connectivity index (χ1) is 5.28. The summed E-state index contributed by atoms with van der Waals surface area (Å²) in [5.41, 5.74) is 0.768. The maximum Gasteiger partial charge on any atom is 0.0608 e. The molecule has 11 heavy (non-hydrogen) atoms. The second kappa shape index (κ2) is 0.891. The summed E-state index contributed by atoms with van der Waals surface area (Å²) in [6.45, 7) is 2.49. The first-order valence-corrected chi connectivity index (χ1v) is 4.96. The molecule has 0 saturated heterocycles. The van der Waals surface area contributed by atoms with E-state index in [0.29, 0.717) is 0 Å². The van der Waals surface area contributed by atoms with Gasteiger partial charge in [-0.25, -0.2) is 0 Å². The van der Waals surface area contributed by atoms with Gasteiger partial charge in [0, 0.05) is 0 Å². The Labute approximate surface area is 65.8 Å². The molecule has 0 amide bonds. The van der Waals surface area contributed by atoms with Crippen molar-refractivity contribution in [1.29, 1.82) is 0 Å². The number of rotatable bonds is 0. The molecule has 0 spiro atoms. The molecule has 6 saturated carbocycles. The van der Waals surface area contributed by atoms with E-state index in [2.05, 4.69) is 6.92 Å². The normalized spacial score (nSPS) is 96.5. The predicted octanol–water partition coefficient (Wildman–Crippen LogP) is 0.735. The molecule has 2 bridgehead atoms. The zero-order valence-electron chi connectivity index (χ0n) is 6.57. The Morgan fingerprint density at radius 2 is 1.45 bits per heavy atom. The fourth-order valence-corrected chi connectivity index (χ4v) is 6.15. The van der Waals surface area contributed by atoms with Crippen LogP contribution in [0.5, 0.6) is 0 Å². The van der Waals surface area contributed by atoms with Crippen LogP contribution >= 0.6 is 0 Å². The van der Waals surface area contributed by atoms with Crippen LogP contribution in [0.25, 0.3) is 0 Å². The Balaban J connectivity index is 1.90. The first-order valence-electron chi connectivity index (χ1n) is 4.96. The van der Waals surface area contributed by atoms with E-state index < -0.39 is 0 Å². The Kier molecular flexibility index (Phi) is 0.393.